The van der Waals surface area contributed by atoms with Crippen molar-refractivity contribution in [1.82, 2.24) is 0 Å². The summed E-state index contributed by atoms with van der Waals surface area (Å²) < 4.78 is 15.5. The van der Waals surface area contributed by atoms with Crippen molar-refractivity contribution in [3.05, 3.63) is 34.0 Å². The topological polar surface area (TPSA) is 48.7 Å². The lowest BCUT2D eigenvalue weighted by Crippen LogP contribution is -2.01. The highest BCUT2D eigenvalue weighted by Gasteiger charge is 2.08. The minimum atomic E-state index is -0.121. The number of rotatable bonds is 2. The van der Waals surface area contributed by atoms with Crippen molar-refractivity contribution in [2.45, 2.75) is 6.92 Å². The number of hydrogen-bond donors (Lipinski definition) is 0. The lowest BCUT2D eigenvalue weighted by Gasteiger charge is -2.06. The highest BCUT2D eigenvalue weighted by molar-refractivity contribution is 5.79. The zero-order chi connectivity index (χ0) is 11.7. The van der Waals surface area contributed by atoms with E-state index in [1.54, 1.807) is 19.2 Å². The molecule has 4 nitrogen and oxygen atoms in total. The molecule has 4 heteroatoms. The fourth-order valence-corrected chi connectivity index (χ4v) is 1.59. The molecule has 2 rings (SSSR count). The van der Waals surface area contributed by atoms with Crippen LogP contribution in [0.15, 0.2) is 27.4 Å². The van der Waals surface area contributed by atoms with Gasteiger partial charge in [-0.05, 0) is 18.6 Å². The van der Waals surface area contributed by atoms with E-state index in [4.69, 9.17) is 13.9 Å². The lowest BCUT2D eigenvalue weighted by molar-refractivity contribution is 0.309. The second kappa shape index (κ2) is 3.89. The molecule has 0 fully saturated rings. The summed E-state index contributed by atoms with van der Waals surface area (Å²) in [5, 5.41) is 0.527. The van der Waals surface area contributed by atoms with Crippen LogP contribution in [0.25, 0.3) is 11.0 Å². The van der Waals surface area contributed by atoms with Gasteiger partial charge in [0.05, 0.1) is 25.7 Å². The number of aryl methyl sites for hydroxylation is 1. The van der Waals surface area contributed by atoms with Crippen molar-refractivity contribution in [2.75, 3.05) is 14.2 Å². The Hall–Kier alpha value is -1.97. The molecule has 84 valence electrons. The van der Waals surface area contributed by atoms with Gasteiger partial charge < -0.3 is 13.9 Å². The first-order valence-electron chi connectivity index (χ1n) is 4.82. The van der Waals surface area contributed by atoms with E-state index in [9.17, 15) is 4.79 Å². The van der Waals surface area contributed by atoms with Crippen molar-refractivity contribution in [2.24, 2.45) is 0 Å². The van der Waals surface area contributed by atoms with Gasteiger partial charge in [0, 0.05) is 6.07 Å². The number of methoxy groups -OCH3 is 2. The van der Waals surface area contributed by atoms with Crippen LogP contribution in [-0.2, 0) is 0 Å². The maximum Gasteiger partial charge on any atom is 0.288 e. The van der Waals surface area contributed by atoms with Crippen molar-refractivity contribution in [3.8, 4) is 11.7 Å². The van der Waals surface area contributed by atoms with Crippen molar-refractivity contribution >= 4 is 11.0 Å². The fraction of sp³-hybridized carbons (Fsp3) is 0.250. The number of hydrogen-bond acceptors (Lipinski definition) is 4. The molecule has 0 saturated heterocycles. The molecule has 1 aromatic carbocycles. The Bertz CT molecular complexity index is 583. The fourth-order valence-electron chi connectivity index (χ4n) is 1.59. The summed E-state index contributed by atoms with van der Waals surface area (Å²) in [5.41, 5.74) is 1.24. The van der Waals surface area contributed by atoms with Gasteiger partial charge in [0.15, 0.2) is 5.43 Å². The Labute approximate surface area is 92.4 Å². The zero-order valence-electron chi connectivity index (χ0n) is 9.37. The Morgan fingerprint density at radius 3 is 2.50 bits per heavy atom. The van der Waals surface area contributed by atoms with Crippen LogP contribution in [0, 0.1) is 6.92 Å². The molecule has 0 aliphatic carbocycles. The standard InChI is InChI=1S/C12H12O4/c1-7-4-8-9(13)5-12(15-3)16-11(8)6-10(7)14-2/h4-6H,1-3H3. The molecule has 0 bridgehead atoms. The summed E-state index contributed by atoms with van der Waals surface area (Å²) in [4.78, 5) is 11.7. The molecule has 0 aliphatic heterocycles. The lowest BCUT2D eigenvalue weighted by atomic mass is 10.1. The third-order valence-electron chi connectivity index (χ3n) is 2.42. The van der Waals surface area contributed by atoms with Crippen LogP contribution in [0.1, 0.15) is 5.56 Å². The third-order valence-corrected chi connectivity index (χ3v) is 2.42. The zero-order valence-corrected chi connectivity index (χ0v) is 9.37. The smallest absolute Gasteiger partial charge is 0.288 e. The molecule has 0 atom stereocenters. The summed E-state index contributed by atoms with van der Waals surface area (Å²) in [6, 6.07) is 4.77. The molecule has 0 spiro atoms. The summed E-state index contributed by atoms with van der Waals surface area (Å²) in [7, 11) is 3.03. The molecule has 0 radical (unpaired) electrons. The van der Waals surface area contributed by atoms with Gasteiger partial charge >= 0.3 is 0 Å². The SMILES string of the molecule is COc1cc(=O)c2cc(C)c(OC)cc2o1. The minimum absolute atomic E-state index is 0.121. The largest absolute Gasteiger partial charge is 0.496 e. The molecule has 0 aliphatic rings. The first-order valence-corrected chi connectivity index (χ1v) is 4.82. The Kier molecular flexibility index (Phi) is 2.56. The molecular weight excluding hydrogens is 208 g/mol. The summed E-state index contributed by atoms with van der Waals surface area (Å²) in [6.07, 6.45) is 0. The Balaban J connectivity index is 2.80. The van der Waals surface area contributed by atoms with Crippen LogP contribution >= 0.6 is 0 Å². The van der Waals surface area contributed by atoms with Crippen molar-refractivity contribution in [1.29, 1.82) is 0 Å². The van der Waals surface area contributed by atoms with Crippen LogP contribution in [0.5, 0.6) is 11.7 Å². The van der Waals surface area contributed by atoms with Gasteiger partial charge in [-0.3, -0.25) is 4.79 Å². The van der Waals surface area contributed by atoms with Crippen LogP contribution in [0.2, 0.25) is 0 Å². The second-order valence-corrected chi connectivity index (χ2v) is 3.45. The van der Waals surface area contributed by atoms with E-state index >= 15 is 0 Å². The third kappa shape index (κ3) is 1.62. The first-order chi connectivity index (χ1) is 7.65. The maximum absolute atomic E-state index is 11.7. The molecular formula is C12H12O4. The van der Waals surface area contributed by atoms with Gasteiger partial charge in [-0.25, -0.2) is 0 Å². The average molecular weight is 220 g/mol. The highest BCUT2D eigenvalue weighted by Crippen LogP contribution is 2.25. The van der Waals surface area contributed by atoms with Gasteiger partial charge in [0.1, 0.15) is 11.3 Å². The van der Waals surface area contributed by atoms with E-state index in [0.717, 1.165) is 5.56 Å². The minimum Gasteiger partial charge on any atom is -0.496 e. The van der Waals surface area contributed by atoms with Crippen LogP contribution in [-0.4, -0.2) is 14.2 Å². The van der Waals surface area contributed by atoms with Crippen molar-refractivity contribution < 1.29 is 13.9 Å². The molecule has 0 N–H and O–H groups in total. The van der Waals surface area contributed by atoms with E-state index in [0.29, 0.717) is 16.7 Å². The summed E-state index contributed by atoms with van der Waals surface area (Å²) in [6.45, 7) is 1.88. The van der Waals surface area contributed by atoms with Gasteiger partial charge in [-0.2, -0.15) is 0 Å². The molecule has 16 heavy (non-hydrogen) atoms. The summed E-state index contributed by atoms with van der Waals surface area (Å²) >= 11 is 0. The van der Waals surface area contributed by atoms with Crippen LogP contribution < -0.4 is 14.9 Å². The molecule has 0 unspecified atom stereocenters. The van der Waals surface area contributed by atoms with Gasteiger partial charge in [0.25, 0.3) is 5.95 Å². The molecule has 0 amide bonds. The number of ether oxygens (including phenoxy) is 2. The molecule has 1 heterocycles. The first kappa shape index (κ1) is 10.5. The van der Waals surface area contributed by atoms with E-state index < -0.39 is 0 Å². The van der Waals surface area contributed by atoms with Crippen molar-refractivity contribution in [3.63, 3.8) is 0 Å². The second-order valence-electron chi connectivity index (χ2n) is 3.45. The average Bonchev–Trinajstić information content (AvgIpc) is 2.29. The predicted molar refractivity (Wildman–Crippen MR) is 60.3 cm³/mol. The van der Waals surface area contributed by atoms with Gasteiger partial charge in [0.2, 0.25) is 0 Å². The van der Waals surface area contributed by atoms with Crippen LogP contribution in [0.4, 0.5) is 0 Å². The Morgan fingerprint density at radius 2 is 1.88 bits per heavy atom. The van der Waals surface area contributed by atoms with Gasteiger partial charge in [-0.15, -0.1) is 0 Å². The summed E-state index contributed by atoms with van der Waals surface area (Å²) in [5.74, 6) is 0.882. The molecule has 1 aromatic heterocycles. The van der Waals surface area contributed by atoms with E-state index in [2.05, 4.69) is 0 Å². The van der Waals surface area contributed by atoms with E-state index in [1.807, 2.05) is 6.92 Å². The van der Waals surface area contributed by atoms with E-state index in [1.165, 1.54) is 13.2 Å². The van der Waals surface area contributed by atoms with E-state index in [-0.39, 0.29) is 11.4 Å². The number of fused-ring (bicyclic) bond motifs is 1. The quantitative estimate of drug-likeness (QED) is 0.777. The number of benzene rings is 1. The van der Waals surface area contributed by atoms with Gasteiger partial charge in [-0.1, -0.05) is 0 Å². The molecule has 0 saturated carbocycles. The normalized spacial score (nSPS) is 10.4. The monoisotopic (exact) mass is 220 g/mol. The Morgan fingerprint density at radius 1 is 1.12 bits per heavy atom. The predicted octanol–water partition coefficient (Wildman–Crippen LogP) is 2.12. The van der Waals surface area contributed by atoms with Crippen LogP contribution in [0.3, 0.4) is 0 Å². The highest BCUT2D eigenvalue weighted by atomic mass is 16.6. The molecule has 2 aromatic rings. The maximum atomic E-state index is 11.7.